The van der Waals surface area contributed by atoms with Crippen LogP contribution in [0.15, 0.2) is 24.3 Å². The van der Waals surface area contributed by atoms with Gasteiger partial charge in [0.2, 0.25) is 0 Å². The van der Waals surface area contributed by atoms with Crippen molar-refractivity contribution in [2.75, 3.05) is 6.61 Å². The number of benzene rings is 1. The van der Waals surface area contributed by atoms with Crippen molar-refractivity contribution in [3.8, 4) is 11.9 Å². The van der Waals surface area contributed by atoms with Crippen LogP contribution in [0, 0.1) is 17.3 Å². The lowest BCUT2D eigenvalue weighted by atomic mass is 10.3. The first-order valence-corrected chi connectivity index (χ1v) is 3.78. The summed E-state index contributed by atoms with van der Waals surface area (Å²) in [6, 6.07) is 5.40. The van der Waals surface area contributed by atoms with Gasteiger partial charge in [-0.05, 0) is 12.1 Å². The highest BCUT2D eigenvalue weighted by Gasteiger charge is 2.01. The monoisotopic (exact) mass is 194 g/mol. The van der Waals surface area contributed by atoms with Gasteiger partial charge in [0.15, 0.2) is 12.8 Å². The molecule has 1 aromatic rings. The second-order valence-corrected chi connectivity index (χ2v) is 2.41. The molecule has 0 saturated heterocycles. The Labute approximate surface area is 79.9 Å². The molecule has 0 heterocycles. The summed E-state index contributed by atoms with van der Waals surface area (Å²) in [6.07, 6.45) is 1.46. The molecule has 0 aliphatic heterocycles. The first-order chi connectivity index (χ1) is 6.72. The second-order valence-electron chi connectivity index (χ2n) is 2.41. The maximum absolute atomic E-state index is 12.6. The highest BCUT2D eigenvalue weighted by Crippen LogP contribution is 2.11. The maximum Gasteiger partial charge on any atom is 0.270 e. The van der Waals surface area contributed by atoms with E-state index in [1.54, 1.807) is 0 Å². The molecule has 0 atom stereocenters. The fourth-order valence-electron chi connectivity index (χ4n) is 0.804. The molecule has 0 unspecified atom stereocenters. The van der Waals surface area contributed by atoms with E-state index in [0.29, 0.717) is 0 Å². The number of carbonyl (C=O) groups is 1. The van der Waals surface area contributed by atoms with Crippen molar-refractivity contribution in [3.63, 3.8) is 0 Å². The predicted octanol–water partition coefficient (Wildman–Crippen LogP) is 0.802. The molecule has 4 nitrogen and oxygen atoms in total. The van der Waals surface area contributed by atoms with Gasteiger partial charge >= 0.3 is 0 Å². The third-order valence-corrected chi connectivity index (χ3v) is 1.36. The van der Waals surface area contributed by atoms with Crippen LogP contribution in [0.3, 0.4) is 0 Å². The number of ether oxygens (including phenoxy) is 1. The van der Waals surface area contributed by atoms with Crippen molar-refractivity contribution in [2.24, 2.45) is 0 Å². The van der Waals surface area contributed by atoms with Crippen molar-refractivity contribution in [1.82, 2.24) is 5.32 Å². The normalized spacial score (nSPS) is 8.86. The number of nitrogens with one attached hydrogen (secondary N) is 1. The molecule has 1 amide bonds. The lowest BCUT2D eigenvalue weighted by molar-refractivity contribution is -0.121. The fraction of sp³-hybridized carbons (Fsp3) is 0.111. The summed E-state index contributed by atoms with van der Waals surface area (Å²) < 4.78 is 17.5. The van der Waals surface area contributed by atoms with Crippen molar-refractivity contribution in [2.45, 2.75) is 0 Å². The fourth-order valence-corrected chi connectivity index (χ4v) is 0.804. The van der Waals surface area contributed by atoms with Crippen LogP contribution in [0.25, 0.3) is 0 Å². The smallest absolute Gasteiger partial charge is 0.270 e. The molecule has 0 aliphatic carbocycles. The Kier molecular flexibility index (Phi) is 3.44. The maximum atomic E-state index is 12.6. The summed E-state index contributed by atoms with van der Waals surface area (Å²) in [6.45, 7) is -0.309. The van der Waals surface area contributed by atoms with E-state index in [-0.39, 0.29) is 12.4 Å². The van der Waals surface area contributed by atoms with E-state index in [1.165, 1.54) is 24.4 Å². The summed E-state index contributed by atoms with van der Waals surface area (Å²) in [4.78, 5) is 10.7. The van der Waals surface area contributed by atoms with Gasteiger partial charge in [-0.1, -0.05) is 6.07 Å². The first-order valence-electron chi connectivity index (χ1n) is 3.78. The highest BCUT2D eigenvalue weighted by atomic mass is 19.1. The van der Waals surface area contributed by atoms with E-state index in [9.17, 15) is 9.18 Å². The highest BCUT2D eigenvalue weighted by molar-refractivity contribution is 5.78. The van der Waals surface area contributed by atoms with E-state index in [0.717, 1.165) is 6.07 Å². The van der Waals surface area contributed by atoms with Gasteiger partial charge in [-0.3, -0.25) is 10.1 Å². The number of nitrogens with zero attached hydrogens (tertiary/aromatic N) is 1. The van der Waals surface area contributed by atoms with Crippen LogP contribution in [-0.4, -0.2) is 12.5 Å². The van der Waals surface area contributed by atoms with Crippen LogP contribution >= 0.6 is 0 Å². The average Bonchev–Trinajstić information content (AvgIpc) is 2.15. The summed E-state index contributed by atoms with van der Waals surface area (Å²) in [5.74, 6) is -0.766. The van der Waals surface area contributed by atoms with Crippen molar-refractivity contribution in [3.05, 3.63) is 30.1 Å². The molecular formula is C9H7FN2O2. The van der Waals surface area contributed by atoms with Crippen LogP contribution in [0.5, 0.6) is 5.75 Å². The Bertz CT molecular complexity index is 373. The average molecular weight is 194 g/mol. The Hall–Kier alpha value is -2.09. The number of carbonyl (C=O) groups excluding carboxylic acids is 1. The molecule has 14 heavy (non-hydrogen) atoms. The van der Waals surface area contributed by atoms with E-state index in [1.807, 2.05) is 5.32 Å². The van der Waals surface area contributed by atoms with Crippen molar-refractivity contribution < 1.29 is 13.9 Å². The molecule has 0 spiro atoms. The zero-order valence-corrected chi connectivity index (χ0v) is 7.16. The molecule has 72 valence electrons. The number of rotatable bonds is 3. The van der Waals surface area contributed by atoms with E-state index >= 15 is 0 Å². The Morgan fingerprint density at radius 3 is 3.07 bits per heavy atom. The molecule has 0 aromatic heterocycles. The van der Waals surface area contributed by atoms with Crippen LogP contribution < -0.4 is 10.1 Å². The minimum absolute atomic E-state index is 0.248. The standard InChI is InChI=1S/C9H7FN2O2/c10-7-2-1-3-8(4-7)14-5-9(13)12-6-11/h1-4H,5H2,(H,12,13). The third kappa shape index (κ3) is 3.11. The van der Waals surface area contributed by atoms with Crippen LogP contribution in [0.2, 0.25) is 0 Å². The lowest BCUT2D eigenvalue weighted by Gasteiger charge is -2.03. The molecule has 0 bridgehead atoms. The van der Waals surface area contributed by atoms with Gasteiger partial charge in [-0.2, -0.15) is 5.26 Å². The zero-order valence-electron chi connectivity index (χ0n) is 7.16. The van der Waals surface area contributed by atoms with Crippen LogP contribution in [-0.2, 0) is 4.79 Å². The largest absolute Gasteiger partial charge is 0.484 e. The molecule has 5 heteroatoms. The Balaban J connectivity index is 2.46. The van der Waals surface area contributed by atoms with Crippen LogP contribution in [0.4, 0.5) is 4.39 Å². The molecule has 1 rings (SSSR count). The van der Waals surface area contributed by atoms with Gasteiger partial charge < -0.3 is 4.74 Å². The second kappa shape index (κ2) is 4.82. The zero-order chi connectivity index (χ0) is 10.4. The summed E-state index contributed by atoms with van der Waals surface area (Å²) in [7, 11) is 0. The van der Waals surface area contributed by atoms with Gasteiger partial charge in [0.1, 0.15) is 11.6 Å². The van der Waals surface area contributed by atoms with Crippen LogP contribution in [0.1, 0.15) is 0 Å². The SMILES string of the molecule is N#CNC(=O)COc1cccc(F)c1. The number of hydrogen-bond acceptors (Lipinski definition) is 3. The van der Waals surface area contributed by atoms with E-state index < -0.39 is 11.7 Å². The molecule has 0 fully saturated rings. The number of nitriles is 1. The lowest BCUT2D eigenvalue weighted by Crippen LogP contribution is -2.24. The molecule has 1 N–H and O–H groups in total. The Morgan fingerprint density at radius 2 is 2.43 bits per heavy atom. The molecule has 0 aliphatic rings. The van der Waals surface area contributed by atoms with Crippen molar-refractivity contribution in [1.29, 1.82) is 5.26 Å². The number of halogens is 1. The van der Waals surface area contributed by atoms with Gasteiger partial charge in [-0.15, -0.1) is 0 Å². The van der Waals surface area contributed by atoms with Gasteiger partial charge in [0.25, 0.3) is 5.91 Å². The van der Waals surface area contributed by atoms with E-state index in [2.05, 4.69) is 0 Å². The number of amides is 1. The minimum atomic E-state index is -0.572. The summed E-state index contributed by atoms with van der Waals surface area (Å²) in [5.41, 5.74) is 0. The predicted molar refractivity (Wildman–Crippen MR) is 45.7 cm³/mol. The van der Waals surface area contributed by atoms with Gasteiger partial charge in [0.05, 0.1) is 0 Å². The molecule has 0 saturated carbocycles. The summed E-state index contributed by atoms with van der Waals surface area (Å²) >= 11 is 0. The van der Waals surface area contributed by atoms with Gasteiger partial charge in [-0.25, -0.2) is 4.39 Å². The summed E-state index contributed by atoms with van der Waals surface area (Å²) in [5, 5.41) is 9.96. The van der Waals surface area contributed by atoms with Crippen molar-refractivity contribution >= 4 is 5.91 Å². The van der Waals surface area contributed by atoms with E-state index in [4.69, 9.17) is 10.00 Å². The Morgan fingerprint density at radius 1 is 1.64 bits per heavy atom. The molecule has 1 aromatic carbocycles. The molecule has 0 radical (unpaired) electrons. The quantitative estimate of drug-likeness (QED) is 0.571. The minimum Gasteiger partial charge on any atom is -0.484 e. The topological polar surface area (TPSA) is 62.1 Å². The first kappa shape index (κ1) is 9.99. The third-order valence-electron chi connectivity index (χ3n) is 1.36. The molecular weight excluding hydrogens is 187 g/mol. The number of hydrogen-bond donors (Lipinski definition) is 1. The van der Waals surface area contributed by atoms with Gasteiger partial charge in [0, 0.05) is 6.07 Å².